The van der Waals surface area contributed by atoms with E-state index in [4.69, 9.17) is 75.8 Å². The molecule has 2 heterocycles. The number of carbonyl (C=O) groups is 6. The number of hydrogen-bond donors (Lipinski definition) is 3. The average molecular weight is 1160 g/mol. The normalized spacial score (nSPS) is 16.8. The van der Waals surface area contributed by atoms with Gasteiger partial charge >= 0.3 is 30.0 Å². The molecule has 0 aliphatic carbocycles. The van der Waals surface area contributed by atoms with Gasteiger partial charge in [-0.05, 0) is 50.6 Å². The summed E-state index contributed by atoms with van der Waals surface area (Å²) in [4.78, 5) is 79.0. The highest BCUT2D eigenvalue weighted by molar-refractivity contribution is 5.95. The largest absolute Gasteiger partial charge is 0.486 e. The number of nitrogens with zero attached hydrogens (tertiary/aromatic N) is 1. The van der Waals surface area contributed by atoms with Crippen LogP contribution >= 0.6 is 0 Å². The van der Waals surface area contributed by atoms with Crippen LogP contribution in [0.5, 0.6) is 11.5 Å². The molecule has 26 heteroatoms. The van der Waals surface area contributed by atoms with E-state index in [-0.39, 0.29) is 62.3 Å². The zero-order valence-corrected chi connectivity index (χ0v) is 47.5. The summed E-state index contributed by atoms with van der Waals surface area (Å²) < 4.78 is 89.0. The molecule has 5 atom stereocenters. The van der Waals surface area contributed by atoms with Gasteiger partial charge in [-0.25, -0.2) is 14.6 Å². The van der Waals surface area contributed by atoms with Gasteiger partial charge < -0.3 is 91.5 Å². The number of anilines is 1. The van der Waals surface area contributed by atoms with Crippen molar-refractivity contribution >= 4 is 52.5 Å². The number of aliphatic hydroxyl groups is 1. The van der Waals surface area contributed by atoms with Crippen molar-refractivity contribution in [1.29, 1.82) is 0 Å². The minimum absolute atomic E-state index is 0.00487. The highest BCUT2D eigenvalue weighted by Gasteiger charge is 2.51. The predicted molar refractivity (Wildman–Crippen MR) is 290 cm³/mol. The molecule has 1 fully saturated rings. The van der Waals surface area contributed by atoms with E-state index >= 15 is 0 Å². The number of rotatable bonds is 40. The van der Waals surface area contributed by atoms with E-state index in [0.717, 1.165) is 20.8 Å². The van der Waals surface area contributed by atoms with Crippen molar-refractivity contribution in [2.45, 2.75) is 90.9 Å². The third-order valence-electron chi connectivity index (χ3n) is 10.8. The maximum absolute atomic E-state index is 13.5. The molecular formula is C56H79N3O23. The molecule has 456 valence electrons. The van der Waals surface area contributed by atoms with Crippen molar-refractivity contribution in [3.63, 3.8) is 0 Å². The number of aromatic nitrogens is 1. The fraction of sp³-hybridized carbons (Fsp3) is 0.589. The van der Waals surface area contributed by atoms with Gasteiger partial charge in [0.15, 0.2) is 17.5 Å². The second-order valence-corrected chi connectivity index (χ2v) is 18.8. The molecule has 0 radical (unpaired) electrons. The van der Waals surface area contributed by atoms with Gasteiger partial charge in [0, 0.05) is 32.7 Å². The van der Waals surface area contributed by atoms with Crippen LogP contribution in [0.4, 0.5) is 10.5 Å². The zero-order chi connectivity index (χ0) is 59.5. The lowest BCUT2D eigenvalue weighted by atomic mass is 9.98. The highest BCUT2D eigenvalue weighted by Crippen LogP contribution is 2.34. The number of para-hydroxylation sites is 1. The Kier molecular flexibility index (Phi) is 31.7. The van der Waals surface area contributed by atoms with Crippen molar-refractivity contribution in [3.05, 3.63) is 72.4 Å². The first-order valence-electron chi connectivity index (χ1n) is 26.7. The number of hydrogen-bond acceptors (Lipinski definition) is 24. The second-order valence-electron chi connectivity index (χ2n) is 18.8. The summed E-state index contributed by atoms with van der Waals surface area (Å²) in [7, 11) is 0. The Morgan fingerprint density at radius 2 is 1.22 bits per heavy atom. The molecule has 0 bridgehead atoms. The fourth-order valence-electron chi connectivity index (χ4n) is 7.23. The van der Waals surface area contributed by atoms with E-state index in [0.29, 0.717) is 109 Å². The van der Waals surface area contributed by atoms with Crippen LogP contribution in [-0.2, 0) is 92.1 Å². The van der Waals surface area contributed by atoms with Crippen LogP contribution < -0.4 is 20.1 Å². The number of carbonyl (C=O) groups excluding carboxylic acids is 6. The number of esters is 4. The van der Waals surface area contributed by atoms with Gasteiger partial charge in [0.05, 0.1) is 123 Å². The van der Waals surface area contributed by atoms with E-state index in [2.05, 4.69) is 22.2 Å². The van der Waals surface area contributed by atoms with Gasteiger partial charge in [-0.3, -0.25) is 19.2 Å². The topological polar surface area (TPSA) is 307 Å². The molecule has 0 saturated carbocycles. The van der Waals surface area contributed by atoms with Crippen molar-refractivity contribution < 1.29 is 110 Å². The summed E-state index contributed by atoms with van der Waals surface area (Å²) in [6, 6.07) is 13.4. The molecule has 3 aromatic rings. The summed E-state index contributed by atoms with van der Waals surface area (Å²) in [5, 5.41) is 17.3. The maximum Gasteiger partial charge on any atom is 0.407 e. The van der Waals surface area contributed by atoms with Crippen molar-refractivity contribution in [2.75, 3.05) is 131 Å². The van der Waals surface area contributed by atoms with Crippen LogP contribution in [0.25, 0.3) is 10.9 Å². The Morgan fingerprint density at radius 1 is 0.671 bits per heavy atom. The van der Waals surface area contributed by atoms with E-state index < -0.39 is 78.8 Å². The van der Waals surface area contributed by atoms with Crippen LogP contribution in [0.2, 0.25) is 0 Å². The zero-order valence-electron chi connectivity index (χ0n) is 47.5. The first kappa shape index (κ1) is 67.9. The summed E-state index contributed by atoms with van der Waals surface area (Å²) in [5.74, 6) is -3.49. The van der Waals surface area contributed by atoms with E-state index in [1.165, 1.54) is 18.2 Å². The lowest BCUT2D eigenvalue weighted by Gasteiger charge is -2.42. The molecule has 0 spiro atoms. The van der Waals surface area contributed by atoms with Crippen molar-refractivity contribution in [3.8, 4) is 11.5 Å². The maximum atomic E-state index is 13.5. The lowest BCUT2D eigenvalue weighted by Crippen LogP contribution is -2.62. The van der Waals surface area contributed by atoms with Gasteiger partial charge in [0.2, 0.25) is 18.3 Å². The number of amides is 2. The standard InChI is InChI=1S/C56H79N3O23/c1-8-17-75-53(65)49-46(35-42-11-9-10-12-43(42)59-49)77-36-41-13-14-45(80-54-52(79-40(4)62)51(78-39(3)61)50(64)47(81-54)37-76-38(2)60)44(34-41)58-48(63)15-18-67-20-22-69-24-26-71-28-30-73-32-33-74-31-29-72-27-25-70-23-21-68-19-16-57-55(66)82-56(5,6)7/h8-14,34-35,47,50-52,54,64H,1,15-33,36-37H2,2-7H3,(H,57,66)(H,58,63)/t47-,50-,51+,52-,54-/m1/s1. The number of aliphatic hydroxyl groups excluding tert-OH is 1. The second kappa shape index (κ2) is 38.2. The van der Waals surface area contributed by atoms with Gasteiger partial charge in [0.1, 0.15) is 43.4 Å². The Balaban J connectivity index is 1.19. The Labute approximate surface area is 476 Å². The van der Waals surface area contributed by atoms with Crippen LogP contribution in [0.15, 0.2) is 61.2 Å². The molecule has 1 aliphatic rings. The minimum Gasteiger partial charge on any atom is -0.486 e. The molecule has 4 rings (SSSR count). The van der Waals surface area contributed by atoms with Crippen molar-refractivity contribution in [1.82, 2.24) is 10.3 Å². The minimum atomic E-state index is -1.64. The number of alkyl carbamates (subject to hydrolysis) is 1. The highest BCUT2D eigenvalue weighted by atomic mass is 16.7. The monoisotopic (exact) mass is 1160 g/mol. The Bertz CT molecular complexity index is 2440. The van der Waals surface area contributed by atoms with Crippen LogP contribution in [0.1, 0.15) is 64.0 Å². The van der Waals surface area contributed by atoms with Gasteiger partial charge in [0.25, 0.3) is 0 Å². The number of pyridine rings is 1. The molecule has 26 nitrogen and oxygen atoms in total. The van der Waals surface area contributed by atoms with Crippen LogP contribution in [-0.4, -0.2) is 208 Å². The summed E-state index contributed by atoms with van der Waals surface area (Å²) >= 11 is 0. The van der Waals surface area contributed by atoms with Crippen LogP contribution in [0, 0.1) is 0 Å². The predicted octanol–water partition coefficient (Wildman–Crippen LogP) is 4.03. The number of fused-ring (bicyclic) bond motifs is 1. The summed E-state index contributed by atoms with van der Waals surface area (Å²) in [5.41, 5.74) is 0.463. The van der Waals surface area contributed by atoms with Gasteiger partial charge in [-0.15, -0.1) is 0 Å². The first-order valence-corrected chi connectivity index (χ1v) is 26.7. The average Bonchev–Trinajstić information content (AvgIpc) is 3.28. The van der Waals surface area contributed by atoms with E-state index in [1.54, 1.807) is 51.1 Å². The molecule has 1 aliphatic heterocycles. The number of benzene rings is 2. The van der Waals surface area contributed by atoms with E-state index in [9.17, 15) is 33.9 Å². The van der Waals surface area contributed by atoms with E-state index in [1.807, 2.05) is 6.07 Å². The third kappa shape index (κ3) is 27.5. The first-order chi connectivity index (χ1) is 39.4. The molecule has 3 N–H and O–H groups in total. The molecule has 2 amide bonds. The molecule has 82 heavy (non-hydrogen) atoms. The number of ether oxygens (including phenoxy) is 16. The Morgan fingerprint density at radius 3 is 1.77 bits per heavy atom. The summed E-state index contributed by atoms with van der Waals surface area (Å²) in [6.07, 6.45) is -6.82. The molecule has 0 unspecified atom stereocenters. The molecular weight excluding hydrogens is 1080 g/mol. The molecule has 1 saturated heterocycles. The summed E-state index contributed by atoms with van der Waals surface area (Å²) in [6.45, 7) is 17.3. The van der Waals surface area contributed by atoms with Crippen molar-refractivity contribution in [2.24, 2.45) is 0 Å². The number of nitrogens with one attached hydrogen (secondary N) is 2. The lowest BCUT2D eigenvalue weighted by molar-refractivity contribution is -0.285. The Hall–Kier alpha value is -6.59. The van der Waals surface area contributed by atoms with Crippen LogP contribution in [0.3, 0.4) is 0 Å². The molecule has 1 aromatic heterocycles. The quantitative estimate of drug-likeness (QED) is 0.0313. The SMILES string of the molecule is C=CCOC(=O)c1nc2ccccc2cc1OCc1ccc(O[C@@H]2O[C@H](COC(C)=O)[C@@H](O)[C@H](OC(C)=O)[C@H]2OC(C)=O)c(NC(=O)CCOCCOCCOCCOCCOCCOCCOCCOCCNC(=O)OC(C)(C)C)c1. The smallest absolute Gasteiger partial charge is 0.407 e. The fourth-order valence-corrected chi connectivity index (χ4v) is 7.23. The van der Waals surface area contributed by atoms with Gasteiger partial charge in [-0.2, -0.15) is 0 Å². The molecule has 2 aromatic carbocycles. The van der Waals surface area contributed by atoms with Gasteiger partial charge in [-0.1, -0.05) is 36.9 Å². The third-order valence-corrected chi connectivity index (χ3v) is 10.8.